The van der Waals surface area contributed by atoms with Crippen molar-refractivity contribution >= 4 is 17.7 Å². The van der Waals surface area contributed by atoms with Crippen LogP contribution in [0.4, 0.5) is 11.8 Å². The number of anilines is 2. The number of nitrogens with one attached hydrogen (secondary N) is 2. The Bertz CT molecular complexity index is 709. The van der Waals surface area contributed by atoms with Crippen LogP contribution in [0, 0.1) is 5.92 Å². The second-order valence-electron chi connectivity index (χ2n) is 8.28. The monoisotopic (exact) mass is 402 g/mol. The first-order valence-electron chi connectivity index (χ1n) is 10.6. The molecule has 1 amide bonds. The standard InChI is InChI=1S/C21H34N6O2/c1-14(2)27-10-8-17(9-11-27)25-21-23-12-18(19(22)28)20(26-21)24-16-6-4-15(5-7-16)13-29-3/h12,15-17H,1,4-11,13H2,2-3H3,(H2,22,28)(H2,23,24,25,26)/t15-,16+. The van der Waals surface area contributed by atoms with Gasteiger partial charge in [0.25, 0.3) is 5.91 Å². The number of ether oxygens (including phenoxy) is 1. The van der Waals surface area contributed by atoms with Gasteiger partial charge in [-0.05, 0) is 51.4 Å². The Morgan fingerprint density at radius 1 is 1.21 bits per heavy atom. The first kappa shape index (κ1) is 21.4. The lowest BCUT2D eigenvalue weighted by Gasteiger charge is -2.34. The van der Waals surface area contributed by atoms with Gasteiger partial charge in [0.15, 0.2) is 0 Å². The van der Waals surface area contributed by atoms with Crippen molar-refractivity contribution < 1.29 is 9.53 Å². The summed E-state index contributed by atoms with van der Waals surface area (Å²) in [6, 6.07) is 0.588. The Kier molecular flexibility index (Phi) is 7.30. The first-order valence-corrected chi connectivity index (χ1v) is 10.6. The second-order valence-corrected chi connectivity index (χ2v) is 8.28. The molecule has 0 spiro atoms. The lowest BCUT2D eigenvalue weighted by molar-refractivity contribution is 0.100. The van der Waals surface area contributed by atoms with Gasteiger partial charge in [0.05, 0.1) is 5.56 Å². The van der Waals surface area contributed by atoms with E-state index in [1.54, 1.807) is 7.11 Å². The number of hydrogen-bond acceptors (Lipinski definition) is 7. The number of amides is 1. The van der Waals surface area contributed by atoms with E-state index in [-0.39, 0.29) is 6.04 Å². The molecule has 2 aliphatic rings. The average molecular weight is 403 g/mol. The topological polar surface area (TPSA) is 105 Å². The summed E-state index contributed by atoms with van der Waals surface area (Å²) in [7, 11) is 1.75. The highest BCUT2D eigenvalue weighted by molar-refractivity contribution is 5.97. The summed E-state index contributed by atoms with van der Waals surface area (Å²) < 4.78 is 5.27. The number of rotatable bonds is 8. The van der Waals surface area contributed by atoms with Crippen molar-refractivity contribution in [2.75, 3.05) is 37.4 Å². The van der Waals surface area contributed by atoms with E-state index in [2.05, 4.69) is 32.1 Å². The zero-order chi connectivity index (χ0) is 20.8. The maximum atomic E-state index is 11.9. The maximum Gasteiger partial charge on any atom is 0.254 e. The molecule has 4 N–H and O–H groups in total. The highest BCUT2D eigenvalue weighted by atomic mass is 16.5. The first-order chi connectivity index (χ1) is 14.0. The van der Waals surface area contributed by atoms with Crippen molar-refractivity contribution in [2.45, 2.75) is 57.5 Å². The zero-order valence-electron chi connectivity index (χ0n) is 17.6. The number of hydrogen-bond donors (Lipinski definition) is 3. The van der Waals surface area contributed by atoms with E-state index in [0.717, 1.165) is 63.9 Å². The smallest absolute Gasteiger partial charge is 0.254 e. The number of nitrogens with two attached hydrogens (primary N) is 1. The molecule has 1 saturated heterocycles. The molecule has 2 heterocycles. The summed E-state index contributed by atoms with van der Waals surface area (Å²) in [6.07, 6.45) is 7.79. The molecule has 0 bridgehead atoms. The SMILES string of the molecule is C=C(C)N1CCC(Nc2ncc(C(N)=O)c(N[C@H]3CC[C@@H](COC)CC3)n2)CC1. The Morgan fingerprint density at radius 2 is 1.86 bits per heavy atom. The molecule has 160 valence electrons. The van der Waals surface area contributed by atoms with Crippen LogP contribution >= 0.6 is 0 Å². The number of methoxy groups -OCH3 is 1. The summed E-state index contributed by atoms with van der Waals surface area (Å²) in [5.74, 6) is 1.17. The van der Waals surface area contributed by atoms with Gasteiger partial charge in [-0.25, -0.2) is 4.98 Å². The zero-order valence-corrected chi connectivity index (χ0v) is 17.6. The Morgan fingerprint density at radius 3 is 2.45 bits per heavy atom. The number of likely N-dealkylation sites (tertiary alicyclic amines) is 1. The molecular formula is C21H34N6O2. The van der Waals surface area contributed by atoms with E-state index < -0.39 is 5.91 Å². The van der Waals surface area contributed by atoms with E-state index >= 15 is 0 Å². The fraction of sp³-hybridized carbons (Fsp3) is 0.667. The molecule has 8 nitrogen and oxygen atoms in total. The summed E-state index contributed by atoms with van der Waals surface area (Å²) in [5, 5.41) is 6.86. The van der Waals surface area contributed by atoms with Crippen LogP contribution in [-0.2, 0) is 4.74 Å². The minimum absolute atomic E-state index is 0.280. The molecule has 0 radical (unpaired) electrons. The van der Waals surface area contributed by atoms with Crippen LogP contribution in [0.15, 0.2) is 18.5 Å². The highest BCUT2D eigenvalue weighted by Gasteiger charge is 2.24. The highest BCUT2D eigenvalue weighted by Crippen LogP contribution is 2.27. The minimum atomic E-state index is -0.512. The molecule has 0 unspecified atom stereocenters. The molecule has 8 heteroatoms. The van der Waals surface area contributed by atoms with E-state index in [1.165, 1.54) is 6.20 Å². The molecule has 1 saturated carbocycles. The molecular weight excluding hydrogens is 368 g/mol. The van der Waals surface area contributed by atoms with Gasteiger partial charge in [0.1, 0.15) is 5.82 Å². The van der Waals surface area contributed by atoms with Crippen LogP contribution in [-0.4, -0.2) is 59.7 Å². The van der Waals surface area contributed by atoms with Gasteiger partial charge in [-0.3, -0.25) is 4.79 Å². The number of carbonyl (C=O) groups excluding carboxylic acids is 1. The molecule has 1 aliphatic carbocycles. The summed E-state index contributed by atoms with van der Waals surface area (Å²) in [5.41, 5.74) is 7.00. The van der Waals surface area contributed by atoms with Crippen LogP contribution in [0.3, 0.4) is 0 Å². The molecule has 0 aromatic carbocycles. The van der Waals surface area contributed by atoms with Crippen molar-refractivity contribution in [3.8, 4) is 0 Å². The van der Waals surface area contributed by atoms with Crippen molar-refractivity contribution in [3.05, 3.63) is 24.0 Å². The van der Waals surface area contributed by atoms with Crippen LogP contribution in [0.1, 0.15) is 55.8 Å². The molecule has 0 atom stereocenters. The van der Waals surface area contributed by atoms with Gasteiger partial charge in [-0.1, -0.05) is 6.58 Å². The number of piperidine rings is 1. The number of aromatic nitrogens is 2. The summed E-state index contributed by atoms with van der Waals surface area (Å²) in [6.45, 7) is 8.82. The Balaban J connectivity index is 1.62. The third-order valence-electron chi connectivity index (χ3n) is 6.01. The molecule has 1 aromatic rings. The summed E-state index contributed by atoms with van der Waals surface area (Å²) in [4.78, 5) is 23.1. The van der Waals surface area contributed by atoms with Gasteiger partial charge in [0, 0.05) is 50.8 Å². The van der Waals surface area contributed by atoms with Crippen LogP contribution in [0.25, 0.3) is 0 Å². The Labute approximate surface area is 173 Å². The second kappa shape index (κ2) is 9.91. The number of primary amides is 1. The molecule has 29 heavy (non-hydrogen) atoms. The van der Waals surface area contributed by atoms with Crippen molar-refractivity contribution in [2.24, 2.45) is 11.7 Å². The predicted octanol–water partition coefficient (Wildman–Crippen LogP) is 2.60. The lowest BCUT2D eigenvalue weighted by atomic mass is 9.86. The lowest BCUT2D eigenvalue weighted by Crippen LogP contribution is -2.38. The van der Waals surface area contributed by atoms with E-state index in [4.69, 9.17) is 10.5 Å². The fourth-order valence-corrected chi connectivity index (χ4v) is 4.23. The molecule has 3 rings (SSSR count). The normalized spacial score (nSPS) is 22.9. The van der Waals surface area contributed by atoms with Crippen molar-refractivity contribution in [3.63, 3.8) is 0 Å². The van der Waals surface area contributed by atoms with Crippen molar-refractivity contribution in [1.82, 2.24) is 14.9 Å². The van der Waals surface area contributed by atoms with Crippen LogP contribution in [0.2, 0.25) is 0 Å². The van der Waals surface area contributed by atoms with E-state index in [0.29, 0.717) is 29.3 Å². The molecule has 1 aliphatic heterocycles. The van der Waals surface area contributed by atoms with Crippen LogP contribution in [0.5, 0.6) is 0 Å². The predicted molar refractivity (Wildman–Crippen MR) is 115 cm³/mol. The van der Waals surface area contributed by atoms with Gasteiger partial charge >= 0.3 is 0 Å². The largest absolute Gasteiger partial charge is 0.384 e. The molecule has 2 fully saturated rings. The number of allylic oxidation sites excluding steroid dienone is 1. The Hall–Kier alpha value is -2.35. The molecule has 1 aromatic heterocycles. The fourth-order valence-electron chi connectivity index (χ4n) is 4.23. The van der Waals surface area contributed by atoms with Gasteiger partial charge < -0.3 is 26.0 Å². The van der Waals surface area contributed by atoms with Crippen molar-refractivity contribution in [1.29, 1.82) is 0 Å². The van der Waals surface area contributed by atoms with E-state index in [9.17, 15) is 4.79 Å². The third-order valence-corrected chi connectivity index (χ3v) is 6.01. The quantitative estimate of drug-likeness (QED) is 0.614. The average Bonchev–Trinajstić information content (AvgIpc) is 2.70. The van der Waals surface area contributed by atoms with E-state index in [1.807, 2.05) is 6.92 Å². The summed E-state index contributed by atoms with van der Waals surface area (Å²) >= 11 is 0. The van der Waals surface area contributed by atoms with Gasteiger partial charge in [-0.2, -0.15) is 4.98 Å². The van der Waals surface area contributed by atoms with Gasteiger partial charge in [-0.15, -0.1) is 0 Å². The third kappa shape index (κ3) is 5.82. The van der Waals surface area contributed by atoms with Crippen LogP contribution < -0.4 is 16.4 Å². The number of nitrogens with zero attached hydrogens (tertiary/aromatic N) is 3. The number of carbonyl (C=O) groups is 1. The van der Waals surface area contributed by atoms with Gasteiger partial charge in [0.2, 0.25) is 5.95 Å². The maximum absolute atomic E-state index is 11.9. The minimum Gasteiger partial charge on any atom is -0.384 e.